The Morgan fingerprint density at radius 1 is 1.32 bits per heavy atom. The Balaban J connectivity index is 1.64. The SMILES string of the molecule is CCC1(c2cccc(NS(C)(=O)=O)c2)C2CN(C(=O)COCC(F)(F)F)CC21. The lowest BCUT2D eigenvalue weighted by Gasteiger charge is -2.27. The van der Waals surface area contributed by atoms with Crippen LogP contribution in [0.15, 0.2) is 24.3 Å². The number of anilines is 1. The third kappa shape index (κ3) is 4.27. The number of fused-ring (bicyclic) bond motifs is 1. The van der Waals surface area contributed by atoms with Crippen LogP contribution in [0, 0.1) is 11.8 Å². The number of halogens is 3. The van der Waals surface area contributed by atoms with Crippen molar-refractivity contribution in [1.82, 2.24) is 4.90 Å². The molecule has 0 spiro atoms. The first kappa shape index (κ1) is 20.9. The molecule has 28 heavy (non-hydrogen) atoms. The van der Waals surface area contributed by atoms with Crippen LogP contribution < -0.4 is 4.72 Å². The maximum Gasteiger partial charge on any atom is 0.411 e. The highest BCUT2D eigenvalue weighted by Crippen LogP contribution is 2.65. The van der Waals surface area contributed by atoms with Crippen molar-refractivity contribution in [1.29, 1.82) is 0 Å². The number of carbonyl (C=O) groups is 1. The molecular weight excluding hydrogens is 397 g/mol. The number of nitrogens with one attached hydrogen (secondary N) is 1. The van der Waals surface area contributed by atoms with E-state index in [0.29, 0.717) is 18.8 Å². The summed E-state index contributed by atoms with van der Waals surface area (Å²) in [5.41, 5.74) is 1.36. The second kappa shape index (κ2) is 7.22. The van der Waals surface area contributed by atoms with E-state index in [1.807, 2.05) is 19.1 Å². The van der Waals surface area contributed by atoms with Gasteiger partial charge in [0.1, 0.15) is 13.2 Å². The minimum Gasteiger partial charge on any atom is -0.362 e. The summed E-state index contributed by atoms with van der Waals surface area (Å²) < 4.78 is 66.3. The predicted molar refractivity (Wildman–Crippen MR) is 97.3 cm³/mol. The molecule has 3 rings (SSSR count). The van der Waals surface area contributed by atoms with Gasteiger partial charge in [-0.1, -0.05) is 19.1 Å². The van der Waals surface area contributed by atoms with Gasteiger partial charge in [-0.25, -0.2) is 8.42 Å². The quantitative estimate of drug-likeness (QED) is 0.735. The molecule has 0 bridgehead atoms. The fraction of sp³-hybridized carbons (Fsp3) is 0.611. The number of hydrogen-bond donors (Lipinski definition) is 1. The minimum atomic E-state index is -4.45. The van der Waals surface area contributed by atoms with E-state index in [-0.39, 0.29) is 17.3 Å². The van der Waals surface area contributed by atoms with Gasteiger partial charge in [0.05, 0.1) is 6.26 Å². The molecule has 0 radical (unpaired) electrons. The average molecular weight is 420 g/mol. The Hall–Kier alpha value is -1.81. The maximum absolute atomic E-state index is 12.1. The number of likely N-dealkylation sites (tertiary alicyclic amines) is 1. The number of benzene rings is 1. The van der Waals surface area contributed by atoms with Crippen molar-refractivity contribution in [3.8, 4) is 0 Å². The Morgan fingerprint density at radius 2 is 1.96 bits per heavy atom. The van der Waals surface area contributed by atoms with Crippen LogP contribution in [0.4, 0.5) is 18.9 Å². The Morgan fingerprint density at radius 3 is 2.50 bits per heavy atom. The molecule has 2 aliphatic rings. The van der Waals surface area contributed by atoms with E-state index in [4.69, 9.17) is 0 Å². The van der Waals surface area contributed by atoms with Gasteiger partial charge in [-0.2, -0.15) is 13.2 Å². The maximum atomic E-state index is 12.1. The van der Waals surface area contributed by atoms with Gasteiger partial charge in [0, 0.05) is 24.2 Å². The molecule has 2 atom stereocenters. The number of alkyl halides is 3. The number of hydrogen-bond acceptors (Lipinski definition) is 4. The molecule has 1 amide bonds. The summed E-state index contributed by atoms with van der Waals surface area (Å²) in [6, 6.07) is 7.25. The van der Waals surface area contributed by atoms with Gasteiger partial charge in [0.2, 0.25) is 15.9 Å². The fourth-order valence-electron chi connectivity index (χ4n) is 4.53. The van der Waals surface area contributed by atoms with Crippen LogP contribution in [0.5, 0.6) is 0 Å². The summed E-state index contributed by atoms with van der Waals surface area (Å²) in [4.78, 5) is 13.7. The second-order valence-electron chi connectivity index (χ2n) is 7.47. The molecule has 0 aromatic heterocycles. The van der Waals surface area contributed by atoms with Crippen LogP contribution >= 0.6 is 0 Å². The first-order valence-corrected chi connectivity index (χ1v) is 10.9. The number of rotatable bonds is 7. The Labute approximate surface area is 162 Å². The minimum absolute atomic E-state index is 0.140. The molecule has 1 saturated carbocycles. The van der Waals surface area contributed by atoms with E-state index in [1.54, 1.807) is 17.0 Å². The third-order valence-electron chi connectivity index (χ3n) is 5.67. The molecule has 10 heteroatoms. The lowest BCUT2D eigenvalue weighted by molar-refractivity contribution is -0.177. The van der Waals surface area contributed by atoms with E-state index in [9.17, 15) is 26.4 Å². The topological polar surface area (TPSA) is 75.7 Å². The van der Waals surface area contributed by atoms with E-state index in [0.717, 1.165) is 18.2 Å². The van der Waals surface area contributed by atoms with Crippen molar-refractivity contribution in [2.24, 2.45) is 11.8 Å². The van der Waals surface area contributed by atoms with Crippen LogP contribution in [0.3, 0.4) is 0 Å². The van der Waals surface area contributed by atoms with Crippen LogP contribution in [-0.2, 0) is 25.0 Å². The zero-order valence-electron chi connectivity index (χ0n) is 15.6. The number of ether oxygens (including phenoxy) is 1. The molecule has 156 valence electrons. The van der Waals surface area contributed by atoms with Gasteiger partial charge in [-0.15, -0.1) is 0 Å². The summed E-state index contributed by atoms with van der Waals surface area (Å²) in [7, 11) is -3.38. The number of sulfonamides is 1. The summed E-state index contributed by atoms with van der Waals surface area (Å²) in [6.07, 6.45) is -2.53. The molecule has 1 heterocycles. The van der Waals surface area contributed by atoms with E-state index in [1.165, 1.54) is 0 Å². The first-order chi connectivity index (χ1) is 13.0. The van der Waals surface area contributed by atoms with Crippen LogP contribution in [0.25, 0.3) is 0 Å². The Bertz CT molecular complexity index is 845. The zero-order chi connectivity index (χ0) is 20.7. The van der Waals surface area contributed by atoms with Crippen molar-refractivity contribution in [2.45, 2.75) is 24.9 Å². The summed E-state index contributed by atoms with van der Waals surface area (Å²) in [6.45, 7) is 0.977. The Kier molecular flexibility index (Phi) is 5.39. The summed E-state index contributed by atoms with van der Waals surface area (Å²) in [5.74, 6) is -0.0240. The molecule has 1 N–H and O–H groups in total. The highest BCUT2D eigenvalue weighted by Gasteiger charge is 2.68. The van der Waals surface area contributed by atoms with Gasteiger partial charge in [0.25, 0.3) is 0 Å². The highest BCUT2D eigenvalue weighted by molar-refractivity contribution is 7.92. The number of carbonyl (C=O) groups excluding carboxylic acids is 1. The third-order valence-corrected chi connectivity index (χ3v) is 6.27. The summed E-state index contributed by atoms with van der Waals surface area (Å²) in [5, 5.41) is 0. The lowest BCUT2D eigenvalue weighted by Crippen LogP contribution is -2.38. The van der Waals surface area contributed by atoms with Crippen molar-refractivity contribution < 1.29 is 31.1 Å². The van der Waals surface area contributed by atoms with Crippen LogP contribution in [0.1, 0.15) is 18.9 Å². The predicted octanol–water partition coefficient (Wildman–Crippen LogP) is 2.37. The van der Waals surface area contributed by atoms with E-state index in [2.05, 4.69) is 9.46 Å². The van der Waals surface area contributed by atoms with Crippen molar-refractivity contribution in [2.75, 3.05) is 37.3 Å². The highest BCUT2D eigenvalue weighted by atomic mass is 32.2. The van der Waals surface area contributed by atoms with Gasteiger partial charge in [-0.05, 0) is 36.0 Å². The molecule has 1 saturated heterocycles. The number of nitrogens with zero attached hydrogens (tertiary/aromatic N) is 1. The molecule has 6 nitrogen and oxygen atoms in total. The monoisotopic (exact) mass is 420 g/mol. The van der Waals surface area contributed by atoms with E-state index < -0.39 is 35.3 Å². The molecule has 2 fully saturated rings. The van der Waals surface area contributed by atoms with E-state index >= 15 is 0 Å². The fourth-order valence-corrected chi connectivity index (χ4v) is 5.08. The van der Waals surface area contributed by atoms with Crippen molar-refractivity contribution in [3.63, 3.8) is 0 Å². The van der Waals surface area contributed by atoms with Crippen LogP contribution in [-0.4, -0.2) is 58.0 Å². The molecular formula is C18H23F3N2O4S. The average Bonchev–Trinajstić information content (AvgIpc) is 2.94. The lowest BCUT2D eigenvalue weighted by atomic mass is 9.87. The van der Waals surface area contributed by atoms with Gasteiger partial charge in [-0.3, -0.25) is 9.52 Å². The van der Waals surface area contributed by atoms with Gasteiger partial charge < -0.3 is 9.64 Å². The van der Waals surface area contributed by atoms with Gasteiger partial charge >= 0.3 is 6.18 Å². The van der Waals surface area contributed by atoms with Crippen LogP contribution in [0.2, 0.25) is 0 Å². The van der Waals surface area contributed by atoms with Crippen molar-refractivity contribution >= 4 is 21.6 Å². The molecule has 1 aliphatic carbocycles. The normalized spacial score (nSPS) is 26.8. The molecule has 2 unspecified atom stereocenters. The second-order valence-corrected chi connectivity index (χ2v) is 9.22. The molecule has 1 aromatic rings. The standard InChI is InChI=1S/C18H23F3N2O4S/c1-3-17(12-5-4-6-13(7-12)22-28(2,25)26)14-8-23(9-15(14)17)16(24)10-27-11-18(19,20)21/h4-7,14-15,22H,3,8-11H2,1-2H3. The zero-order valence-corrected chi connectivity index (χ0v) is 16.4. The van der Waals surface area contributed by atoms with Gasteiger partial charge in [0.15, 0.2) is 0 Å². The first-order valence-electron chi connectivity index (χ1n) is 8.97. The largest absolute Gasteiger partial charge is 0.411 e. The molecule has 1 aliphatic heterocycles. The smallest absolute Gasteiger partial charge is 0.362 e. The number of piperidine rings is 1. The summed E-state index contributed by atoms with van der Waals surface area (Å²) >= 11 is 0. The molecule has 1 aromatic carbocycles. The van der Waals surface area contributed by atoms with Crippen molar-refractivity contribution in [3.05, 3.63) is 29.8 Å². The number of amides is 1.